The van der Waals surface area contributed by atoms with Gasteiger partial charge in [-0.05, 0) is 19.9 Å². The van der Waals surface area contributed by atoms with Crippen molar-refractivity contribution in [2.75, 3.05) is 0 Å². The topological polar surface area (TPSA) is 43.0 Å². The number of nitrogens with zero attached hydrogens (tertiary/aromatic N) is 3. The molecule has 1 N–H and O–H groups in total. The van der Waals surface area contributed by atoms with E-state index in [1.807, 2.05) is 36.0 Å². The van der Waals surface area contributed by atoms with Crippen molar-refractivity contribution in [1.82, 2.24) is 14.3 Å². The summed E-state index contributed by atoms with van der Waals surface area (Å²) >= 11 is 6.39. The second-order valence-electron chi connectivity index (χ2n) is 5.12. The number of benzene rings is 1. The van der Waals surface area contributed by atoms with Gasteiger partial charge in [0.15, 0.2) is 0 Å². The Kier molecular flexibility index (Phi) is 3.74. The number of halogens is 1. The summed E-state index contributed by atoms with van der Waals surface area (Å²) in [5, 5.41) is 15.8. The van der Waals surface area contributed by atoms with E-state index >= 15 is 0 Å². The van der Waals surface area contributed by atoms with Gasteiger partial charge in [-0.2, -0.15) is 5.10 Å². The molecule has 0 fully saturated rings. The fourth-order valence-electron chi connectivity index (χ4n) is 2.76. The maximum atomic E-state index is 9.52. The Morgan fingerprint density at radius 2 is 2.05 bits per heavy atom. The maximum absolute atomic E-state index is 9.52. The lowest BCUT2D eigenvalue weighted by Gasteiger charge is -2.08. The van der Waals surface area contributed by atoms with Crippen molar-refractivity contribution in [3.05, 3.63) is 52.4 Å². The minimum Gasteiger partial charge on any atom is -0.392 e. The molecule has 0 aliphatic carbocycles. The summed E-state index contributed by atoms with van der Waals surface area (Å²) in [6.07, 6.45) is 1.99. The molecule has 3 rings (SSSR count). The molecule has 110 valence electrons. The van der Waals surface area contributed by atoms with Crippen LogP contribution < -0.4 is 0 Å². The number of hydrogen-bond acceptors (Lipinski definition) is 2. The fraction of sp³-hybridized carbons (Fsp3) is 0.312. The van der Waals surface area contributed by atoms with Crippen molar-refractivity contribution in [2.24, 2.45) is 0 Å². The molecule has 0 unspecified atom stereocenters. The van der Waals surface area contributed by atoms with Crippen molar-refractivity contribution < 1.29 is 5.11 Å². The number of aliphatic hydroxyl groups is 1. The Morgan fingerprint density at radius 1 is 1.29 bits per heavy atom. The van der Waals surface area contributed by atoms with Crippen LogP contribution in [0.3, 0.4) is 0 Å². The van der Waals surface area contributed by atoms with Crippen LogP contribution in [-0.4, -0.2) is 19.5 Å². The first-order chi connectivity index (χ1) is 10.2. The highest BCUT2D eigenvalue weighted by Gasteiger charge is 2.15. The molecule has 5 heteroatoms. The van der Waals surface area contributed by atoms with Crippen LogP contribution in [0.2, 0.25) is 5.02 Å². The predicted molar refractivity (Wildman–Crippen MR) is 84.6 cm³/mol. The second kappa shape index (κ2) is 5.54. The van der Waals surface area contributed by atoms with Gasteiger partial charge in [-0.1, -0.05) is 29.8 Å². The Morgan fingerprint density at radius 3 is 2.76 bits per heavy atom. The maximum Gasteiger partial charge on any atom is 0.0865 e. The molecule has 0 aliphatic rings. The quantitative estimate of drug-likeness (QED) is 0.803. The van der Waals surface area contributed by atoms with Gasteiger partial charge in [-0.3, -0.25) is 4.68 Å². The van der Waals surface area contributed by atoms with E-state index in [-0.39, 0.29) is 6.61 Å². The van der Waals surface area contributed by atoms with Crippen LogP contribution in [0.25, 0.3) is 10.9 Å². The van der Waals surface area contributed by atoms with E-state index in [4.69, 9.17) is 11.6 Å². The van der Waals surface area contributed by atoms with Crippen LogP contribution in [-0.2, 0) is 19.7 Å². The molecule has 2 heterocycles. The van der Waals surface area contributed by atoms with Crippen LogP contribution in [0.15, 0.2) is 30.5 Å². The van der Waals surface area contributed by atoms with E-state index in [0.717, 1.165) is 39.4 Å². The number of aliphatic hydroxyl groups excluding tert-OH is 1. The van der Waals surface area contributed by atoms with Crippen molar-refractivity contribution in [2.45, 2.75) is 33.5 Å². The molecule has 0 saturated carbocycles. The lowest BCUT2D eigenvalue weighted by Crippen LogP contribution is -2.07. The summed E-state index contributed by atoms with van der Waals surface area (Å²) in [5.41, 5.74) is 3.88. The second-order valence-corrected chi connectivity index (χ2v) is 5.50. The molecule has 0 bridgehead atoms. The highest BCUT2D eigenvalue weighted by molar-refractivity contribution is 6.31. The van der Waals surface area contributed by atoms with Crippen LogP contribution in [0.1, 0.15) is 23.9 Å². The van der Waals surface area contributed by atoms with Gasteiger partial charge >= 0.3 is 0 Å². The molecule has 0 saturated heterocycles. The van der Waals surface area contributed by atoms with Crippen molar-refractivity contribution >= 4 is 22.5 Å². The smallest absolute Gasteiger partial charge is 0.0865 e. The lowest BCUT2D eigenvalue weighted by atomic mass is 10.2. The third-order valence-electron chi connectivity index (χ3n) is 3.81. The number of fused-ring (bicyclic) bond motifs is 1. The molecule has 0 radical (unpaired) electrons. The van der Waals surface area contributed by atoms with Crippen molar-refractivity contribution in [3.8, 4) is 0 Å². The third kappa shape index (κ3) is 2.34. The number of aryl methyl sites for hydroxylation is 2. The summed E-state index contributed by atoms with van der Waals surface area (Å²) in [4.78, 5) is 0. The fourth-order valence-corrected chi connectivity index (χ4v) is 2.96. The van der Waals surface area contributed by atoms with Gasteiger partial charge in [0.1, 0.15) is 0 Å². The summed E-state index contributed by atoms with van der Waals surface area (Å²) in [5.74, 6) is 0. The zero-order valence-corrected chi connectivity index (χ0v) is 12.9. The number of para-hydroxylation sites is 1. The summed E-state index contributed by atoms with van der Waals surface area (Å²) < 4.78 is 4.06. The van der Waals surface area contributed by atoms with Crippen molar-refractivity contribution in [3.63, 3.8) is 0 Å². The first-order valence-electron chi connectivity index (χ1n) is 7.05. The SMILES string of the molecule is CCn1nc(C)c(Cl)c1Cn1cc(CO)c2ccccc21. The summed E-state index contributed by atoms with van der Waals surface area (Å²) in [6.45, 7) is 5.44. The minimum absolute atomic E-state index is 0.0350. The molecule has 21 heavy (non-hydrogen) atoms. The zero-order chi connectivity index (χ0) is 15.0. The Labute approximate surface area is 128 Å². The molecule has 0 atom stereocenters. The van der Waals surface area contributed by atoms with Crippen LogP contribution in [0.4, 0.5) is 0 Å². The van der Waals surface area contributed by atoms with Crippen LogP contribution in [0, 0.1) is 6.92 Å². The first kappa shape index (κ1) is 14.2. The average molecular weight is 304 g/mol. The van der Waals surface area contributed by atoms with Gasteiger partial charge in [-0.25, -0.2) is 0 Å². The van der Waals surface area contributed by atoms with Gasteiger partial charge in [-0.15, -0.1) is 0 Å². The predicted octanol–water partition coefficient (Wildman–Crippen LogP) is 3.36. The lowest BCUT2D eigenvalue weighted by molar-refractivity contribution is 0.283. The summed E-state index contributed by atoms with van der Waals surface area (Å²) in [7, 11) is 0. The third-order valence-corrected chi connectivity index (χ3v) is 4.31. The molecule has 0 amide bonds. The molecule has 0 spiro atoms. The first-order valence-corrected chi connectivity index (χ1v) is 7.42. The van der Waals surface area contributed by atoms with E-state index in [1.165, 1.54) is 0 Å². The molecule has 3 aromatic rings. The number of rotatable bonds is 4. The highest BCUT2D eigenvalue weighted by Crippen LogP contribution is 2.26. The van der Waals surface area contributed by atoms with E-state index in [9.17, 15) is 5.11 Å². The molecule has 0 aliphatic heterocycles. The molecule has 2 aromatic heterocycles. The van der Waals surface area contributed by atoms with Crippen LogP contribution >= 0.6 is 11.6 Å². The monoisotopic (exact) mass is 303 g/mol. The molecule has 4 nitrogen and oxygen atoms in total. The Hall–Kier alpha value is -1.78. The van der Waals surface area contributed by atoms with Crippen LogP contribution in [0.5, 0.6) is 0 Å². The van der Waals surface area contributed by atoms with Gasteiger partial charge < -0.3 is 9.67 Å². The minimum atomic E-state index is 0.0350. The molecule has 1 aromatic carbocycles. The molecular weight excluding hydrogens is 286 g/mol. The number of aromatic nitrogens is 3. The number of hydrogen-bond donors (Lipinski definition) is 1. The van der Waals surface area contributed by atoms with Crippen molar-refractivity contribution in [1.29, 1.82) is 0 Å². The van der Waals surface area contributed by atoms with Gasteiger partial charge in [0.25, 0.3) is 0 Å². The standard InChI is InChI=1S/C16H18ClN3O/c1-3-20-15(16(17)11(2)18-20)9-19-8-12(10-21)13-6-4-5-7-14(13)19/h4-8,21H,3,9-10H2,1-2H3. The van der Waals surface area contributed by atoms with Gasteiger partial charge in [0.2, 0.25) is 0 Å². The molecular formula is C16H18ClN3O. The Balaban J connectivity index is 2.10. The summed E-state index contributed by atoms with van der Waals surface area (Å²) in [6, 6.07) is 8.08. The highest BCUT2D eigenvalue weighted by atomic mass is 35.5. The van der Waals surface area contributed by atoms with E-state index in [0.29, 0.717) is 6.54 Å². The van der Waals surface area contributed by atoms with Gasteiger partial charge in [0.05, 0.1) is 29.6 Å². The van der Waals surface area contributed by atoms with Gasteiger partial charge in [0, 0.05) is 29.2 Å². The van der Waals surface area contributed by atoms with E-state index in [1.54, 1.807) is 0 Å². The normalized spacial score (nSPS) is 11.4. The van der Waals surface area contributed by atoms with E-state index in [2.05, 4.69) is 22.7 Å². The average Bonchev–Trinajstić information content (AvgIpc) is 3.00. The zero-order valence-electron chi connectivity index (χ0n) is 12.2. The Bertz CT molecular complexity index is 788. The van der Waals surface area contributed by atoms with E-state index < -0.39 is 0 Å². The largest absolute Gasteiger partial charge is 0.392 e.